The molecule has 4 nitrogen and oxygen atoms in total. The Kier molecular flexibility index (Phi) is 4.01. The number of fused-ring (bicyclic) bond motifs is 1. The molecule has 0 bridgehead atoms. The van der Waals surface area contributed by atoms with Crippen LogP contribution in [0.3, 0.4) is 0 Å². The molecule has 0 saturated heterocycles. The molecule has 1 amide bonds. The number of aryl methyl sites for hydroxylation is 1. The summed E-state index contributed by atoms with van der Waals surface area (Å²) in [6, 6.07) is 9.43. The number of aromatic nitrogens is 1. The Labute approximate surface area is 135 Å². The first-order valence-electron chi connectivity index (χ1n) is 7.14. The summed E-state index contributed by atoms with van der Waals surface area (Å²) in [6.07, 6.45) is -4.42. The minimum absolute atomic E-state index is 0.166. The van der Waals surface area contributed by atoms with Crippen LogP contribution in [-0.2, 0) is 12.7 Å². The molecule has 3 aromatic rings. The Morgan fingerprint density at radius 3 is 2.54 bits per heavy atom. The molecule has 1 heterocycles. The van der Waals surface area contributed by atoms with E-state index in [1.807, 2.05) is 0 Å². The zero-order valence-corrected chi connectivity index (χ0v) is 12.6. The second-order valence-electron chi connectivity index (χ2n) is 5.29. The van der Waals surface area contributed by atoms with Crippen molar-refractivity contribution in [3.05, 3.63) is 65.0 Å². The van der Waals surface area contributed by atoms with Crippen molar-refractivity contribution in [1.82, 2.24) is 10.3 Å². The second kappa shape index (κ2) is 5.99. The lowest BCUT2D eigenvalue weighted by Gasteiger charge is -2.08. The van der Waals surface area contributed by atoms with Gasteiger partial charge in [-0.3, -0.25) is 4.79 Å². The number of carbonyl (C=O) groups excluding carboxylic acids is 1. The van der Waals surface area contributed by atoms with Crippen LogP contribution in [0, 0.1) is 6.92 Å². The van der Waals surface area contributed by atoms with Crippen LogP contribution in [-0.4, -0.2) is 10.9 Å². The molecule has 0 radical (unpaired) electrons. The van der Waals surface area contributed by atoms with Gasteiger partial charge >= 0.3 is 6.18 Å². The molecular formula is C17H13F3N2O2. The molecule has 3 rings (SSSR count). The summed E-state index contributed by atoms with van der Waals surface area (Å²) in [5.74, 6) is 0.105. The van der Waals surface area contributed by atoms with E-state index < -0.39 is 17.6 Å². The van der Waals surface area contributed by atoms with E-state index in [4.69, 9.17) is 4.42 Å². The molecule has 0 unspecified atom stereocenters. The first kappa shape index (κ1) is 16.0. The topological polar surface area (TPSA) is 55.1 Å². The molecule has 7 heteroatoms. The van der Waals surface area contributed by atoms with Gasteiger partial charge in [0.05, 0.1) is 5.56 Å². The van der Waals surface area contributed by atoms with Gasteiger partial charge in [0.15, 0.2) is 11.5 Å². The number of oxazole rings is 1. The highest BCUT2D eigenvalue weighted by molar-refractivity contribution is 5.94. The number of rotatable bonds is 3. The molecular weight excluding hydrogens is 321 g/mol. The summed E-state index contributed by atoms with van der Waals surface area (Å²) in [7, 11) is 0. The fourth-order valence-corrected chi connectivity index (χ4v) is 2.29. The molecule has 0 aliphatic heterocycles. The number of nitrogens with one attached hydrogen (secondary N) is 1. The highest BCUT2D eigenvalue weighted by atomic mass is 19.4. The van der Waals surface area contributed by atoms with Crippen LogP contribution >= 0.6 is 0 Å². The van der Waals surface area contributed by atoms with E-state index in [1.165, 1.54) is 0 Å². The van der Waals surface area contributed by atoms with Gasteiger partial charge in [-0.15, -0.1) is 0 Å². The van der Waals surface area contributed by atoms with Crippen molar-refractivity contribution in [3.63, 3.8) is 0 Å². The SMILES string of the molecule is Cc1nc2ccc(CNC(=O)c3ccc(C(F)(F)F)cc3)cc2o1. The van der Waals surface area contributed by atoms with Gasteiger partial charge in [-0.05, 0) is 42.0 Å². The molecule has 1 N–H and O–H groups in total. The third-order valence-electron chi connectivity index (χ3n) is 3.49. The van der Waals surface area contributed by atoms with Crippen molar-refractivity contribution in [2.24, 2.45) is 0 Å². The third-order valence-corrected chi connectivity index (χ3v) is 3.49. The third kappa shape index (κ3) is 3.40. The number of carbonyl (C=O) groups is 1. The lowest BCUT2D eigenvalue weighted by atomic mass is 10.1. The molecule has 0 fully saturated rings. The smallest absolute Gasteiger partial charge is 0.416 e. The first-order chi connectivity index (χ1) is 11.3. The van der Waals surface area contributed by atoms with Crippen LogP contribution < -0.4 is 5.32 Å². The van der Waals surface area contributed by atoms with E-state index in [9.17, 15) is 18.0 Å². The summed E-state index contributed by atoms with van der Waals surface area (Å²) in [6.45, 7) is 1.97. The number of alkyl halides is 3. The quantitative estimate of drug-likeness (QED) is 0.785. The summed E-state index contributed by atoms with van der Waals surface area (Å²) in [5.41, 5.74) is 1.53. The number of amides is 1. The highest BCUT2D eigenvalue weighted by Crippen LogP contribution is 2.29. The fraction of sp³-hybridized carbons (Fsp3) is 0.176. The fourth-order valence-electron chi connectivity index (χ4n) is 2.29. The lowest BCUT2D eigenvalue weighted by Crippen LogP contribution is -2.22. The van der Waals surface area contributed by atoms with E-state index in [-0.39, 0.29) is 12.1 Å². The van der Waals surface area contributed by atoms with Crippen molar-refractivity contribution in [1.29, 1.82) is 0 Å². The number of benzene rings is 2. The standard InChI is InChI=1S/C17H13F3N2O2/c1-10-22-14-7-2-11(8-15(14)24-10)9-21-16(23)12-3-5-13(6-4-12)17(18,19)20/h2-8H,9H2,1H3,(H,21,23). The Morgan fingerprint density at radius 1 is 1.17 bits per heavy atom. The summed E-state index contributed by atoms with van der Waals surface area (Å²) in [5, 5.41) is 2.66. The van der Waals surface area contributed by atoms with Crippen molar-refractivity contribution >= 4 is 17.0 Å². The highest BCUT2D eigenvalue weighted by Gasteiger charge is 2.30. The van der Waals surface area contributed by atoms with Crippen LogP contribution in [0.4, 0.5) is 13.2 Å². The predicted molar refractivity (Wildman–Crippen MR) is 81.4 cm³/mol. The number of nitrogens with zero attached hydrogens (tertiary/aromatic N) is 1. The van der Waals surface area contributed by atoms with E-state index in [0.717, 1.165) is 35.3 Å². The van der Waals surface area contributed by atoms with Gasteiger partial charge < -0.3 is 9.73 Å². The van der Waals surface area contributed by atoms with E-state index in [0.29, 0.717) is 11.5 Å². The summed E-state index contributed by atoms with van der Waals surface area (Å²) < 4.78 is 42.9. The summed E-state index contributed by atoms with van der Waals surface area (Å²) >= 11 is 0. The molecule has 24 heavy (non-hydrogen) atoms. The molecule has 124 valence electrons. The first-order valence-corrected chi connectivity index (χ1v) is 7.14. The Morgan fingerprint density at radius 2 is 1.88 bits per heavy atom. The molecule has 0 atom stereocenters. The van der Waals surface area contributed by atoms with Crippen molar-refractivity contribution in [2.45, 2.75) is 19.6 Å². The lowest BCUT2D eigenvalue weighted by molar-refractivity contribution is -0.137. The van der Waals surface area contributed by atoms with Crippen molar-refractivity contribution in [3.8, 4) is 0 Å². The van der Waals surface area contributed by atoms with Gasteiger partial charge in [-0.1, -0.05) is 6.07 Å². The predicted octanol–water partition coefficient (Wildman–Crippen LogP) is 4.09. The van der Waals surface area contributed by atoms with Gasteiger partial charge in [0.1, 0.15) is 5.52 Å². The van der Waals surface area contributed by atoms with E-state index >= 15 is 0 Å². The van der Waals surface area contributed by atoms with Gasteiger partial charge in [0.2, 0.25) is 0 Å². The maximum absolute atomic E-state index is 12.5. The Hall–Kier alpha value is -2.83. The number of hydrogen-bond acceptors (Lipinski definition) is 3. The van der Waals surface area contributed by atoms with Crippen LogP contribution in [0.15, 0.2) is 46.9 Å². The Balaban J connectivity index is 1.67. The number of halogens is 3. The number of hydrogen-bond donors (Lipinski definition) is 1. The normalized spacial score (nSPS) is 11.7. The van der Waals surface area contributed by atoms with Crippen LogP contribution in [0.2, 0.25) is 0 Å². The molecule has 1 aromatic heterocycles. The van der Waals surface area contributed by atoms with Crippen molar-refractivity contribution < 1.29 is 22.4 Å². The minimum Gasteiger partial charge on any atom is -0.441 e. The Bertz CT molecular complexity index is 883. The van der Waals surface area contributed by atoms with E-state index in [1.54, 1.807) is 25.1 Å². The maximum atomic E-state index is 12.5. The van der Waals surface area contributed by atoms with Crippen molar-refractivity contribution in [2.75, 3.05) is 0 Å². The largest absolute Gasteiger partial charge is 0.441 e. The van der Waals surface area contributed by atoms with Crippen LogP contribution in [0.25, 0.3) is 11.1 Å². The van der Waals surface area contributed by atoms with Gasteiger partial charge in [-0.2, -0.15) is 13.2 Å². The van der Waals surface area contributed by atoms with Gasteiger partial charge in [0, 0.05) is 19.0 Å². The molecule has 0 aliphatic carbocycles. The van der Waals surface area contributed by atoms with Crippen LogP contribution in [0.5, 0.6) is 0 Å². The zero-order valence-electron chi connectivity index (χ0n) is 12.6. The average molecular weight is 334 g/mol. The second-order valence-corrected chi connectivity index (χ2v) is 5.29. The monoisotopic (exact) mass is 334 g/mol. The zero-order chi connectivity index (χ0) is 17.3. The molecule has 0 aliphatic rings. The molecule has 2 aromatic carbocycles. The molecule has 0 spiro atoms. The van der Waals surface area contributed by atoms with Crippen LogP contribution in [0.1, 0.15) is 27.4 Å². The minimum atomic E-state index is -4.42. The van der Waals surface area contributed by atoms with E-state index in [2.05, 4.69) is 10.3 Å². The average Bonchev–Trinajstić information content (AvgIpc) is 2.91. The maximum Gasteiger partial charge on any atom is 0.416 e. The summed E-state index contributed by atoms with van der Waals surface area (Å²) in [4.78, 5) is 16.2. The molecule has 0 saturated carbocycles. The van der Waals surface area contributed by atoms with Gasteiger partial charge in [0.25, 0.3) is 5.91 Å². The van der Waals surface area contributed by atoms with Gasteiger partial charge in [-0.25, -0.2) is 4.98 Å².